The zero-order valence-corrected chi connectivity index (χ0v) is 7.65. The molecule has 3 heteroatoms. The summed E-state index contributed by atoms with van der Waals surface area (Å²) in [4.78, 5) is 2.30. The lowest BCUT2D eigenvalue weighted by atomic mass is 10.2. The molecule has 1 aliphatic carbocycles. The topological polar surface area (TPSA) is 15.3 Å². The number of rotatable bonds is 3. The van der Waals surface area contributed by atoms with Crippen molar-refractivity contribution in [2.45, 2.75) is 30.8 Å². The van der Waals surface area contributed by atoms with Crippen LogP contribution < -0.4 is 5.32 Å². The van der Waals surface area contributed by atoms with Gasteiger partial charge in [0.05, 0.1) is 0 Å². The average Bonchev–Trinajstić information content (AvgIpc) is 2.71. The standard InChI is InChI=1S/C9H17FN2/c1-12-5-2-8(6-12)11-9(7-10)3-4-9/h8,11H,2-7H2,1H3. The molecular formula is C9H17FN2. The first-order chi connectivity index (χ1) is 5.74. The van der Waals surface area contributed by atoms with Gasteiger partial charge in [0.15, 0.2) is 0 Å². The van der Waals surface area contributed by atoms with Crippen LogP contribution in [0.25, 0.3) is 0 Å². The fraction of sp³-hybridized carbons (Fsp3) is 1.00. The van der Waals surface area contributed by atoms with Crippen LogP contribution in [0.4, 0.5) is 4.39 Å². The van der Waals surface area contributed by atoms with Gasteiger partial charge in [0.2, 0.25) is 0 Å². The molecule has 2 rings (SSSR count). The minimum absolute atomic E-state index is 0.101. The van der Waals surface area contributed by atoms with Gasteiger partial charge in [-0.15, -0.1) is 0 Å². The first-order valence-electron chi connectivity index (χ1n) is 4.76. The van der Waals surface area contributed by atoms with Gasteiger partial charge in [-0.25, -0.2) is 4.39 Å². The molecule has 1 aliphatic heterocycles. The van der Waals surface area contributed by atoms with Crippen molar-refractivity contribution in [2.75, 3.05) is 26.8 Å². The molecule has 0 spiro atoms. The highest BCUT2D eigenvalue weighted by Crippen LogP contribution is 2.36. The fourth-order valence-corrected chi connectivity index (χ4v) is 1.95. The molecule has 1 unspecified atom stereocenters. The summed E-state index contributed by atoms with van der Waals surface area (Å²) >= 11 is 0. The van der Waals surface area contributed by atoms with Crippen LogP contribution in [0, 0.1) is 0 Å². The highest BCUT2D eigenvalue weighted by molar-refractivity contribution is 5.04. The first kappa shape index (κ1) is 8.45. The van der Waals surface area contributed by atoms with Crippen molar-refractivity contribution in [2.24, 2.45) is 0 Å². The third-order valence-corrected chi connectivity index (χ3v) is 3.01. The van der Waals surface area contributed by atoms with E-state index in [1.807, 2.05) is 0 Å². The molecule has 1 saturated heterocycles. The Hall–Kier alpha value is -0.150. The minimum atomic E-state index is -0.187. The SMILES string of the molecule is CN1CCC(NC2(CF)CC2)C1. The molecule has 1 heterocycles. The van der Waals surface area contributed by atoms with Gasteiger partial charge in [-0.2, -0.15) is 0 Å². The van der Waals surface area contributed by atoms with Gasteiger partial charge < -0.3 is 10.2 Å². The molecule has 0 amide bonds. The van der Waals surface area contributed by atoms with Gasteiger partial charge in [-0.05, 0) is 32.9 Å². The van der Waals surface area contributed by atoms with Crippen LogP contribution in [0.15, 0.2) is 0 Å². The van der Waals surface area contributed by atoms with Crippen LogP contribution in [0.5, 0.6) is 0 Å². The number of nitrogens with one attached hydrogen (secondary N) is 1. The molecular weight excluding hydrogens is 155 g/mol. The van der Waals surface area contributed by atoms with E-state index in [2.05, 4.69) is 17.3 Å². The van der Waals surface area contributed by atoms with Crippen molar-refractivity contribution < 1.29 is 4.39 Å². The number of hydrogen-bond acceptors (Lipinski definition) is 2. The summed E-state index contributed by atoms with van der Waals surface area (Å²) in [6.45, 7) is 2.05. The second kappa shape index (κ2) is 2.96. The maximum atomic E-state index is 12.5. The summed E-state index contributed by atoms with van der Waals surface area (Å²) in [6, 6.07) is 0.535. The monoisotopic (exact) mass is 172 g/mol. The molecule has 2 nitrogen and oxygen atoms in total. The van der Waals surface area contributed by atoms with E-state index in [4.69, 9.17) is 0 Å². The van der Waals surface area contributed by atoms with E-state index in [-0.39, 0.29) is 12.2 Å². The average molecular weight is 172 g/mol. The minimum Gasteiger partial charge on any atom is -0.305 e. The van der Waals surface area contributed by atoms with Crippen LogP contribution in [0.3, 0.4) is 0 Å². The van der Waals surface area contributed by atoms with E-state index < -0.39 is 0 Å². The molecule has 0 aromatic heterocycles. The number of nitrogens with zero attached hydrogens (tertiary/aromatic N) is 1. The molecule has 0 aromatic rings. The van der Waals surface area contributed by atoms with E-state index in [9.17, 15) is 4.39 Å². The quantitative estimate of drug-likeness (QED) is 0.677. The zero-order valence-electron chi connectivity index (χ0n) is 7.65. The van der Waals surface area contributed by atoms with Crippen LogP contribution in [-0.4, -0.2) is 43.3 Å². The third kappa shape index (κ3) is 1.62. The molecule has 2 fully saturated rings. The summed E-state index contributed by atoms with van der Waals surface area (Å²) in [5, 5.41) is 3.43. The van der Waals surface area contributed by atoms with Gasteiger partial charge >= 0.3 is 0 Å². The van der Waals surface area contributed by atoms with Crippen molar-refractivity contribution in [3.8, 4) is 0 Å². The van der Waals surface area contributed by atoms with E-state index in [1.54, 1.807) is 0 Å². The lowest BCUT2D eigenvalue weighted by Crippen LogP contribution is -2.42. The summed E-state index contributed by atoms with van der Waals surface area (Å²) in [6.07, 6.45) is 3.24. The van der Waals surface area contributed by atoms with Gasteiger partial charge in [0.25, 0.3) is 0 Å². The Kier molecular flexibility index (Phi) is 2.09. The van der Waals surface area contributed by atoms with Gasteiger partial charge in [0.1, 0.15) is 6.67 Å². The highest BCUT2D eigenvalue weighted by atomic mass is 19.1. The van der Waals surface area contributed by atoms with E-state index in [0.717, 1.165) is 25.9 Å². The van der Waals surface area contributed by atoms with Crippen LogP contribution in [0.1, 0.15) is 19.3 Å². The Bertz CT molecular complexity index is 168. The Morgan fingerprint density at radius 1 is 1.58 bits per heavy atom. The molecule has 2 aliphatic rings. The lowest BCUT2D eigenvalue weighted by Gasteiger charge is -2.19. The number of likely N-dealkylation sites (tertiary alicyclic amines) is 1. The normalized spacial score (nSPS) is 34.0. The second-order valence-electron chi connectivity index (χ2n) is 4.31. The molecule has 0 radical (unpaired) electrons. The summed E-state index contributed by atoms with van der Waals surface area (Å²) in [7, 11) is 2.12. The van der Waals surface area contributed by atoms with Crippen LogP contribution in [0.2, 0.25) is 0 Å². The molecule has 12 heavy (non-hydrogen) atoms. The van der Waals surface area contributed by atoms with Crippen LogP contribution >= 0.6 is 0 Å². The molecule has 0 aromatic carbocycles. The zero-order chi connectivity index (χ0) is 8.60. The molecule has 1 atom stereocenters. The Labute approximate surface area is 73.1 Å². The van der Waals surface area contributed by atoms with Gasteiger partial charge in [0, 0.05) is 18.1 Å². The van der Waals surface area contributed by atoms with Gasteiger partial charge in [-0.1, -0.05) is 0 Å². The lowest BCUT2D eigenvalue weighted by molar-refractivity contribution is 0.318. The first-order valence-corrected chi connectivity index (χ1v) is 4.76. The van der Waals surface area contributed by atoms with Gasteiger partial charge in [-0.3, -0.25) is 0 Å². The van der Waals surface area contributed by atoms with Crippen molar-refractivity contribution in [1.82, 2.24) is 10.2 Å². The van der Waals surface area contributed by atoms with Crippen molar-refractivity contribution >= 4 is 0 Å². The molecule has 1 saturated carbocycles. The Balaban J connectivity index is 1.80. The largest absolute Gasteiger partial charge is 0.305 e. The fourth-order valence-electron chi connectivity index (χ4n) is 1.95. The Morgan fingerprint density at radius 2 is 2.33 bits per heavy atom. The molecule has 0 bridgehead atoms. The van der Waals surface area contributed by atoms with E-state index >= 15 is 0 Å². The third-order valence-electron chi connectivity index (χ3n) is 3.01. The predicted octanol–water partition coefficient (Wildman–Crippen LogP) is 0.782. The summed E-state index contributed by atoms with van der Waals surface area (Å²) < 4.78 is 12.5. The Morgan fingerprint density at radius 3 is 2.75 bits per heavy atom. The number of likely N-dealkylation sites (N-methyl/N-ethyl adjacent to an activating group) is 1. The molecule has 1 N–H and O–H groups in total. The van der Waals surface area contributed by atoms with E-state index in [0.29, 0.717) is 6.04 Å². The second-order valence-corrected chi connectivity index (χ2v) is 4.31. The van der Waals surface area contributed by atoms with Crippen molar-refractivity contribution in [3.63, 3.8) is 0 Å². The maximum absolute atomic E-state index is 12.5. The van der Waals surface area contributed by atoms with Crippen molar-refractivity contribution in [1.29, 1.82) is 0 Å². The predicted molar refractivity (Wildman–Crippen MR) is 47.0 cm³/mol. The maximum Gasteiger partial charge on any atom is 0.108 e. The van der Waals surface area contributed by atoms with Crippen LogP contribution in [-0.2, 0) is 0 Å². The smallest absolute Gasteiger partial charge is 0.108 e. The summed E-state index contributed by atoms with van der Waals surface area (Å²) in [5.74, 6) is 0. The molecule has 70 valence electrons. The summed E-state index contributed by atoms with van der Waals surface area (Å²) in [5.41, 5.74) is -0.101. The number of alkyl halides is 1. The number of halogens is 1. The number of hydrogen-bond donors (Lipinski definition) is 1. The van der Waals surface area contributed by atoms with Crippen molar-refractivity contribution in [3.05, 3.63) is 0 Å². The van der Waals surface area contributed by atoms with E-state index in [1.165, 1.54) is 6.42 Å². The highest BCUT2D eigenvalue weighted by Gasteiger charge is 2.44.